The summed E-state index contributed by atoms with van der Waals surface area (Å²) in [5, 5.41) is 0.670. The van der Waals surface area contributed by atoms with Crippen LogP contribution in [-0.2, 0) is 9.59 Å². The molecule has 1 aromatic heterocycles. The Balaban J connectivity index is 1.33. The van der Waals surface area contributed by atoms with Gasteiger partial charge in [-0.25, -0.2) is 4.79 Å². The average molecular weight is 378 g/mol. The van der Waals surface area contributed by atoms with Crippen LogP contribution in [0.4, 0.5) is 0 Å². The molecule has 1 aromatic carbocycles. The lowest BCUT2D eigenvalue weighted by atomic mass is 9.85. The molecule has 0 bridgehead atoms. The number of para-hydroxylation sites is 1. The van der Waals surface area contributed by atoms with E-state index in [1.54, 1.807) is 24.3 Å². The van der Waals surface area contributed by atoms with Gasteiger partial charge in [0.15, 0.2) is 0 Å². The van der Waals surface area contributed by atoms with Crippen LogP contribution in [0.15, 0.2) is 51.7 Å². The molecule has 2 saturated heterocycles. The van der Waals surface area contributed by atoms with E-state index in [4.69, 9.17) is 4.42 Å². The van der Waals surface area contributed by atoms with Crippen LogP contribution in [0.2, 0.25) is 0 Å². The number of likely N-dealkylation sites (tertiary alicyclic amines) is 2. The van der Waals surface area contributed by atoms with Crippen molar-refractivity contribution in [2.24, 2.45) is 11.8 Å². The second-order valence-electron chi connectivity index (χ2n) is 7.55. The first-order chi connectivity index (χ1) is 13.5. The highest BCUT2D eigenvalue weighted by Crippen LogP contribution is 2.37. The minimum Gasteiger partial charge on any atom is -0.422 e. The number of hydrogen-bond acceptors (Lipinski definition) is 5. The Hall–Kier alpha value is -3.22. The lowest BCUT2D eigenvalue weighted by Crippen LogP contribution is -2.62. The normalized spacial score (nSPS) is 24.6. The number of fused-ring (bicyclic) bond motifs is 2. The topological polar surface area (TPSA) is 87.9 Å². The van der Waals surface area contributed by atoms with Crippen LogP contribution < -0.4 is 5.63 Å². The van der Waals surface area contributed by atoms with Crippen molar-refractivity contribution in [1.82, 2.24) is 9.80 Å². The summed E-state index contributed by atoms with van der Waals surface area (Å²) in [6, 6.07) is 8.21. The maximum Gasteiger partial charge on any atom is 0.349 e. The Morgan fingerprint density at radius 2 is 1.61 bits per heavy atom. The van der Waals surface area contributed by atoms with E-state index in [2.05, 4.69) is 0 Å². The van der Waals surface area contributed by atoms with Gasteiger partial charge in [-0.15, -0.1) is 0 Å². The molecule has 0 spiro atoms. The third kappa shape index (κ3) is 2.42. The van der Waals surface area contributed by atoms with Gasteiger partial charge in [0, 0.05) is 18.5 Å². The number of allylic oxidation sites excluding steroid dienone is 2. The van der Waals surface area contributed by atoms with Gasteiger partial charge in [0.25, 0.3) is 5.91 Å². The van der Waals surface area contributed by atoms with Crippen LogP contribution in [0.1, 0.15) is 23.2 Å². The van der Waals surface area contributed by atoms with Crippen molar-refractivity contribution in [2.45, 2.75) is 18.9 Å². The predicted molar refractivity (Wildman–Crippen MR) is 99.4 cm³/mol. The van der Waals surface area contributed by atoms with E-state index >= 15 is 0 Å². The SMILES string of the molecule is O=C(c1cc2ccccc2oc1=O)N1CC(N2C(=O)C3CC=CCC3C2=O)C1. The zero-order valence-corrected chi connectivity index (χ0v) is 15.0. The van der Waals surface area contributed by atoms with Crippen molar-refractivity contribution in [1.29, 1.82) is 0 Å². The van der Waals surface area contributed by atoms with Crippen LogP contribution in [0, 0.1) is 11.8 Å². The van der Waals surface area contributed by atoms with Crippen molar-refractivity contribution in [3.8, 4) is 0 Å². The molecule has 0 radical (unpaired) electrons. The maximum atomic E-state index is 12.7. The Kier molecular flexibility index (Phi) is 3.72. The fraction of sp³-hybridized carbons (Fsp3) is 0.333. The Morgan fingerprint density at radius 3 is 2.29 bits per heavy atom. The quantitative estimate of drug-likeness (QED) is 0.450. The second kappa shape index (κ2) is 6.15. The van der Waals surface area contributed by atoms with Gasteiger partial charge in [-0.05, 0) is 25.0 Å². The lowest BCUT2D eigenvalue weighted by Gasteiger charge is -2.43. The standard InChI is InChI=1S/C21H18N2O5/c24-18(16-9-12-5-1-4-8-17(12)28-21(16)27)22-10-13(11-22)23-19(25)14-6-2-3-7-15(14)20(23)26/h1-5,8-9,13-15H,6-7,10-11H2. The number of carbonyl (C=O) groups excluding carboxylic acids is 3. The summed E-state index contributed by atoms with van der Waals surface area (Å²) in [4.78, 5) is 53.0. The highest BCUT2D eigenvalue weighted by molar-refractivity contribution is 6.06. The van der Waals surface area contributed by atoms with Gasteiger partial charge >= 0.3 is 5.63 Å². The van der Waals surface area contributed by atoms with Gasteiger partial charge in [-0.3, -0.25) is 19.3 Å². The van der Waals surface area contributed by atoms with Crippen molar-refractivity contribution in [3.05, 3.63) is 58.5 Å². The minimum absolute atomic E-state index is 0.0332. The fourth-order valence-electron chi connectivity index (χ4n) is 4.35. The predicted octanol–water partition coefficient (Wildman–Crippen LogP) is 1.57. The summed E-state index contributed by atoms with van der Waals surface area (Å²) < 4.78 is 5.23. The molecule has 3 heterocycles. The summed E-state index contributed by atoms with van der Waals surface area (Å²) in [5.74, 6) is -1.25. The molecule has 2 fully saturated rings. The van der Waals surface area contributed by atoms with Crippen LogP contribution in [-0.4, -0.2) is 46.7 Å². The first kappa shape index (κ1) is 16.9. The summed E-state index contributed by atoms with van der Waals surface area (Å²) in [7, 11) is 0. The van der Waals surface area contributed by atoms with E-state index in [1.165, 1.54) is 15.9 Å². The Morgan fingerprint density at radius 1 is 0.964 bits per heavy atom. The number of benzene rings is 1. The molecular weight excluding hydrogens is 360 g/mol. The molecule has 3 amide bonds. The van der Waals surface area contributed by atoms with Crippen LogP contribution in [0.5, 0.6) is 0 Å². The van der Waals surface area contributed by atoms with Gasteiger partial charge in [0.1, 0.15) is 11.1 Å². The number of carbonyl (C=O) groups is 3. The third-order valence-corrected chi connectivity index (χ3v) is 5.93. The number of imide groups is 1. The van der Waals surface area contributed by atoms with Gasteiger partial charge < -0.3 is 9.32 Å². The van der Waals surface area contributed by atoms with E-state index in [9.17, 15) is 19.2 Å². The highest BCUT2D eigenvalue weighted by Gasteiger charge is 2.52. The van der Waals surface area contributed by atoms with Gasteiger partial charge in [-0.2, -0.15) is 0 Å². The fourth-order valence-corrected chi connectivity index (χ4v) is 4.35. The van der Waals surface area contributed by atoms with Crippen molar-refractivity contribution in [3.63, 3.8) is 0 Å². The van der Waals surface area contributed by atoms with E-state index in [1.807, 2.05) is 12.2 Å². The van der Waals surface area contributed by atoms with Gasteiger partial charge in [0.05, 0.1) is 17.9 Å². The number of rotatable bonds is 2. The molecule has 1 aliphatic carbocycles. The van der Waals surface area contributed by atoms with Crippen molar-refractivity contribution >= 4 is 28.7 Å². The molecule has 2 aliphatic heterocycles. The van der Waals surface area contributed by atoms with Crippen molar-refractivity contribution in [2.75, 3.05) is 13.1 Å². The number of nitrogens with zero attached hydrogens (tertiary/aromatic N) is 2. The van der Waals surface area contributed by atoms with E-state index in [-0.39, 0.29) is 48.3 Å². The molecule has 7 heteroatoms. The molecule has 2 aromatic rings. The Labute approximate surface area is 160 Å². The summed E-state index contributed by atoms with van der Waals surface area (Å²) in [6.45, 7) is 0.491. The molecular formula is C21H18N2O5. The van der Waals surface area contributed by atoms with Crippen LogP contribution in [0.25, 0.3) is 11.0 Å². The van der Waals surface area contributed by atoms with E-state index in [0.717, 1.165) is 0 Å². The van der Waals surface area contributed by atoms with Crippen LogP contribution in [0.3, 0.4) is 0 Å². The Bertz CT molecular complexity index is 1070. The van der Waals surface area contributed by atoms with Crippen molar-refractivity contribution < 1.29 is 18.8 Å². The second-order valence-corrected chi connectivity index (χ2v) is 7.55. The maximum absolute atomic E-state index is 12.7. The number of hydrogen-bond donors (Lipinski definition) is 0. The van der Waals surface area contributed by atoms with Gasteiger partial charge in [-0.1, -0.05) is 30.4 Å². The first-order valence-electron chi connectivity index (χ1n) is 9.38. The summed E-state index contributed by atoms with van der Waals surface area (Å²) in [5.41, 5.74) is -0.290. The third-order valence-electron chi connectivity index (χ3n) is 5.93. The molecule has 142 valence electrons. The molecule has 0 N–H and O–H groups in total. The van der Waals surface area contributed by atoms with Crippen LogP contribution >= 0.6 is 0 Å². The molecule has 2 unspecified atom stereocenters. The number of amides is 3. The van der Waals surface area contributed by atoms with E-state index in [0.29, 0.717) is 23.8 Å². The molecule has 3 aliphatic rings. The highest BCUT2D eigenvalue weighted by atomic mass is 16.4. The summed E-state index contributed by atoms with van der Waals surface area (Å²) >= 11 is 0. The molecule has 0 saturated carbocycles. The lowest BCUT2D eigenvalue weighted by molar-refractivity contribution is -0.145. The van der Waals surface area contributed by atoms with Gasteiger partial charge in [0.2, 0.25) is 11.8 Å². The van der Waals surface area contributed by atoms with E-state index < -0.39 is 11.5 Å². The smallest absolute Gasteiger partial charge is 0.349 e. The zero-order chi connectivity index (χ0) is 19.4. The zero-order valence-electron chi connectivity index (χ0n) is 15.0. The largest absolute Gasteiger partial charge is 0.422 e. The molecule has 7 nitrogen and oxygen atoms in total. The molecule has 5 rings (SSSR count). The first-order valence-corrected chi connectivity index (χ1v) is 9.38. The molecule has 28 heavy (non-hydrogen) atoms. The average Bonchev–Trinajstić information content (AvgIpc) is 2.92. The minimum atomic E-state index is -0.683. The molecule has 2 atom stereocenters. The monoisotopic (exact) mass is 378 g/mol. The summed E-state index contributed by atoms with van der Waals surface area (Å²) in [6.07, 6.45) is 5.09.